The van der Waals surface area contributed by atoms with Crippen LogP contribution in [0.5, 0.6) is 0 Å². The molecule has 0 heterocycles. The SMILES string of the molecule is [B]/C(C)=C/N=C(C)c1ccccc1. The van der Waals surface area contributed by atoms with Crippen LogP contribution in [0.15, 0.2) is 47.0 Å². The van der Waals surface area contributed by atoms with Gasteiger partial charge in [-0.1, -0.05) is 37.3 Å². The van der Waals surface area contributed by atoms with Crippen molar-refractivity contribution in [3.05, 3.63) is 47.6 Å². The van der Waals surface area contributed by atoms with Crippen LogP contribution in [-0.2, 0) is 0 Å². The highest BCUT2D eigenvalue weighted by molar-refractivity contribution is 6.21. The van der Waals surface area contributed by atoms with Crippen LogP contribution in [0.4, 0.5) is 0 Å². The van der Waals surface area contributed by atoms with Crippen molar-refractivity contribution in [1.82, 2.24) is 0 Å². The lowest BCUT2D eigenvalue weighted by Crippen LogP contribution is -1.92. The van der Waals surface area contributed by atoms with E-state index in [-0.39, 0.29) is 0 Å². The minimum absolute atomic E-state index is 0.718. The van der Waals surface area contributed by atoms with Gasteiger partial charge in [0.2, 0.25) is 0 Å². The Morgan fingerprint density at radius 1 is 1.23 bits per heavy atom. The zero-order valence-electron chi connectivity index (χ0n) is 7.99. The minimum atomic E-state index is 0.718. The van der Waals surface area contributed by atoms with Crippen molar-refractivity contribution in [1.29, 1.82) is 0 Å². The zero-order valence-corrected chi connectivity index (χ0v) is 7.99. The van der Waals surface area contributed by atoms with E-state index in [1.165, 1.54) is 0 Å². The molecule has 0 N–H and O–H groups in total. The number of hydrogen-bond acceptors (Lipinski definition) is 1. The van der Waals surface area contributed by atoms with Gasteiger partial charge in [-0.3, -0.25) is 4.99 Å². The smallest absolute Gasteiger partial charge is 0.109 e. The fourth-order valence-corrected chi connectivity index (χ4v) is 0.953. The fourth-order valence-electron chi connectivity index (χ4n) is 0.953. The topological polar surface area (TPSA) is 12.4 Å². The summed E-state index contributed by atoms with van der Waals surface area (Å²) in [5.41, 5.74) is 2.82. The molecule has 2 heteroatoms. The van der Waals surface area contributed by atoms with Gasteiger partial charge in [-0.25, -0.2) is 0 Å². The van der Waals surface area contributed by atoms with Gasteiger partial charge in [0.05, 0.1) is 0 Å². The molecule has 64 valence electrons. The molecule has 0 saturated heterocycles. The molecule has 1 aromatic rings. The average molecular weight is 169 g/mol. The Morgan fingerprint density at radius 2 is 1.85 bits per heavy atom. The van der Waals surface area contributed by atoms with Gasteiger partial charge in [0.15, 0.2) is 0 Å². The summed E-state index contributed by atoms with van der Waals surface area (Å²) in [6.07, 6.45) is 1.67. The van der Waals surface area contributed by atoms with Crippen LogP contribution in [-0.4, -0.2) is 13.6 Å². The number of nitrogens with zero attached hydrogens (tertiary/aromatic N) is 1. The first-order valence-corrected chi connectivity index (χ1v) is 4.22. The van der Waals surface area contributed by atoms with E-state index in [0.717, 1.165) is 16.7 Å². The third kappa shape index (κ3) is 3.28. The molecule has 0 amide bonds. The molecule has 0 spiro atoms. The number of aliphatic imine (C=N–C) groups is 1. The fraction of sp³-hybridized carbons (Fsp3) is 0.182. The van der Waals surface area contributed by atoms with Gasteiger partial charge in [0.1, 0.15) is 7.85 Å². The summed E-state index contributed by atoms with van der Waals surface area (Å²) >= 11 is 0. The molecule has 0 bridgehead atoms. The first-order valence-electron chi connectivity index (χ1n) is 4.22. The summed E-state index contributed by atoms with van der Waals surface area (Å²) in [7, 11) is 5.47. The van der Waals surface area contributed by atoms with Gasteiger partial charge < -0.3 is 0 Å². The van der Waals surface area contributed by atoms with Crippen LogP contribution in [0.25, 0.3) is 0 Å². The van der Waals surface area contributed by atoms with E-state index in [4.69, 9.17) is 7.85 Å². The van der Waals surface area contributed by atoms with E-state index in [2.05, 4.69) is 4.99 Å². The molecule has 0 fully saturated rings. The van der Waals surface area contributed by atoms with Gasteiger partial charge in [0, 0.05) is 11.9 Å². The Bertz CT molecular complexity index is 321. The Morgan fingerprint density at radius 3 is 2.38 bits per heavy atom. The molecular weight excluding hydrogens is 157 g/mol. The molecule has 0 aromatic heterocycles. The Balaban J connectivity index is 2.86. The van der Waals surface area contributed by atoms with Crippen molar-refractivity contribution in [2.75, 3.05) is 0 Å². The minimum Gasteiger partial charge on any atom is -0.262 e. The maximum absolute atomic E-state index is 5.47. The summed E-state index contributed by atoms with van der Waals surface area (Å²) < 4.78 is 0. The Hall–Kier alpha value is -1.31. The second kappa shape index (κ2) is 4.66. The Kier molecular flexibility index (Phi) is 3.50. The quantitative estimate of drug-likeness (QED) is 0.476. The molecule has 1 nitrogen and oxygen atoms in total. The molecule has 0 atom stereocenters. The van der Waals surface area contributed by atoms with Gasteiger partial charge >= 0.3 is 0 Å². The summed E-state index contributed by atoms with van der Waals surface area (Å²) in [6, 6.07) is 10.0. The van der Waals surface area contributed by atoms with Crippen LogP contribution in [0.2, 0.25) is 0 Å². The summed E-state index contributed by atoms with van der Waals surface area (Å²) in [5, 5.41) is 0. The summed E-state index contributed by atoms with van der Waals surface area (Å²) in [6.45, 7) is 3.79. The van der Waals surface area contributed by atoms with Crippen molar-refractivity contribution in [3.8, 4) is 0 Å². The first kappa shape index (κ1) is 9.78. The van der Waals surface area contributed by atoms with Crippen LogP contribution >= 0.6 is 0 Å². The average Bonchev–Trinajstić information content (AvgIpc) is 2.15. The molecule has 0 aliphatic rings. The van der Waals surface area contributed by atoms with E-state index in [1.54, 1.807) is 6.20 Å². The molecule has 0 aliphatic heterocycles. The molecular formula is C11H12BN. The highest BCUT2D eigenvalue weighted by Crippen LogP contribution is 2.01. The predicted octanol–water partition coefficient (Wildman–Crippen LogP) is 2.53. The van der Waals surface area contributed by atoms with E-state index < -0.39 is 0 Å². The lowest BCUT2D eigenvalue weighted by molar-refractivity contribution is 1.45. The van der Waals surface area contributed by atoms with E-state index >= 15 is 0 Å². The maximum Gasteiger partial charge on any atom is 0.109 e. The standard InChI is InChI=1S/C11H12BN/c1-9(12)8-13-10(2)11-6-4-3-5-7-11/h3-8H,1-2H3/b9-8+,13-10?. The van der Waals surface area contributed by atoms with E-state index in [9.17, 15) is 0 Å². The first-order chi connectivity index (χ1) is 6.20. The maximum atomic E-state index is 5.47. The third-order valence-electron chi connectivity index (χ3n) is 1.65. The molecule has 0 aliphatic carbocycles. The largest absolute Gasteiger partial charge is 0.262 e. The van der Waals surface area contributed by atoms with E-state index in [0.29, 0.717) is 0 Å². The van der Waals surface area contributed by atoms with Crippen molar-refractivity contribution in [2.24, 2.45) is 4.99 Å². The number of hydrogen-bond donors (Lipinski definition) is 0. The van der Waals surface area contributed by atoms with Crippen LogP contribution in [0.1, 0.15) is 19.4 Å². The van der Waals surface area contributed by atoms with Crippen molar-refractivity contribution in [3.63, 3.8) is 0 Å². The second-order valence-electron chi connectivity index (χ2n) is 2.95. The highest BCUT2D eigenvalue weighted by Gasteiger charge is 1.92. The molecule has 0 saturated carbocycles. The normalized spacial score (nSPS) is 13.1. The monoisotopic (exact) mass is 169 g/mol. The van der Waals surface area contributed by atoms with Crippen molar-refractivity contribution in [2.45, 2.75) is 13.8 Å². The van der Waals surface area contributed by atoms with Crippen LogP contribution < -0.4 is 0 Å². The highest BCUT2D eigenvalue weighted by atomic mass is 14.7. The van der Waals surface area contributed by atoms with Crippen LogP contribution in [0, 0.1) is 0 Å². The summed E-state index contributed by atoms with van der Waals surface area (Å²) in [4.78, 5) is 4.22. The predicted molar refractivity (Wildman–Crippen MR) is 58.2 cm³/mol. The lowest BCUT2D eigenvalue weighted by atomic mass is 10.00. The van der Waals surface area contributed by atoms with Crippen molar-refractivity contribution >= 4 is 13.6 Å². The van der Waals surface area contributed by atoms with Crippen LogP contribution in [0.3, 0.4) is 0 Å². The zero-order chi connectivity index (χ0) is 9.68. The number of benzene rings is 1. The number of allylic oxidation sites excluding steroid dienone is 1. The van der Waals surface area contributed by atoms with Gasteiger partial charge in [-0.2, -0.15) is 0 Å². The summed E-state index contributed by atoms with van der Waals surface area (Å²) in [5.74, 6) is 0. The van der Waals surface area contributed by atoms with E-state index in [1.807, 2.05) is 44.2 Å². The van der Waals surface area contributed by atoms with Gasteiger partial charge in [-0.15, -0.1) is 5.47 Å². The van der Waals surface area contributed by atoms with Gasteiger partial charge in [0.25, 0.3) is 0 Å². The molecule has 2 radical (unpaired) electrons. The Labute approximate surface area is 80.6 Å². The van der Waals surface area contributed by atoms with Crippen molar-refractivity contribution < 1.29 is 0 Å². The molecule has 1 aromatic carbocycles. The molecule has 1 rings (SSSR count). The lowest BCUT2D eigenvalue weighted by Gasteiger charge is -1.97. The second-order valence-corrected chi connectivity index (χ2v) is 2.95. The third-order valence-corrected chi connectivity index (χ3v) is 1.65. The number of rotatable bonds is 2. The molecule has 0 unspecified atom stereocenters. The molecule has 13 heavy (non-hydrogen) atoms. The van der Waals surface area contributed by atoms with Gasteiger partial charge in [-0.05, 0) is 12.5 Å².